The van der Waals surface area contributed by atoms with Gasteiger partial charge in [-0.05, 0) is 69.8 Å². The molecular formula is C20H17FO2. The third kappa shape index (κ3) is 1.94. The average molecular weight is 308 g/mol. The van der Waals surface area contributed by atoms with Gasteiger partial charge in [0.2, 0.25) is 0 Å². The van der Waals surface area contributed by atoms with Crippen molar-refractivity contribution in [2.45, 2.75) is 26.1 Å². The largest absolute Gasteiger partial charge is 0.386 e. The van der Waals surface area contributed by atoms with Gasteiger partial charge in [-0.1, -0.05) is 30.4 Å². The Morgan fingerprint density at radius 3 is 2.48 bits per heavy atom. The Bertz CT molecular complexity index is 988. The second kappa shape index (κ2) is 4.88. The van der Waals surface area contributed by atoms with Crippen LogP contribution in [0.4, 0.5) is 4.39 Å². The van der Waals surface area contributed by atoms with Crippen LogP contribution < -0.4 is 0 Å². The molecule has 0 amide bonds. The molecule has 3 aromatic rings. The third-order valence-corrected chi connectivity index (χ3v) is 4.94. The molecule has 0 saturated heterocycles. The molecule has 0 unspecified atom stereocenters. The number of aliphatic hydroxyl groups excluding tert-OH is 2. The predicted octanol–water partition coefficient (Wildman–Crippen LogP) is 4.17. The Balaban J connectivity index is 2.21. The Hall–Kier alpha value is -2.23. The minimum atomic E-state index is -0.915. The normalized spacial score (nSPS) is 20.2. The van der Waals surface area contributed by atoms with Crippen molar-refractivity contribution in [3.05, 3.63) is 64.5 Å². The van der Waals surface area contributed by atoms with Crippen molar-refractivity contribution in [1.29, 1.82) is 0 Å². The molecule has 0 heterocycles. The molecule has 0 saturated carbocycles. The molecule has 0 aliphatic heterocycles. The summed E-state index contributed by atoms with van der Waals surface area (Å²) in [5.74, 6) is -0.248. The van der Waals surface area contributed by atoms with E-state index in [0.717, 1.165) is 43.8 Å². The maximum absolute atomic E-state index is 13.5. The van der Waals surface area contributed by atoms with E-state index in [2.05, 4.69) is 0 Å². The molecule has 0 spiro atoms. The summed E-state index contributed by atoms with van der Waals surface area (Å²) in [5.41, 5.74) is 3.74. The zero-order valence-corrected chi connectivity index (χ0v) is 13.0. The Kier molecular flexibility index (Phi) is 3.05. The number of benzene rings is 3. The lowest BCUT2D eigenvalue weighted by Gasteiger charge is -2.27. The van der Waals surface area contributed by atoms with E-state index in [1.165, 1.54) is 12.1 Å². The second-order valence-corrected chi connectivity index (χ2v) is 6.23. The first kappa shape index (κ1) is 14.4. The van der Waals surface area contributed by atoms with Crippen molar-refractivity contribution >= 4 is 27.6 Å². The highest BCUT2D eigenvalue weighted by Gasteiger charge is 2.27. The van der Waals surface area contributed by atoms with E-state index in [1.807, 2.05) is 38.1 Å². The van der Waals surface area contributed by atoms with E-state index in [-0.39, 0.29) is 5.82 Å². The second-order valence-electron chi connectivity index (χ2n) is 6.23. The molecule has 0 aromatic heterocycles. The summed E-state index contributed by atoms with van der Waals surface area (Å²) in [6.07, 6.45) is 1.70. The van der Waals surface area contributed by atoms with Crippen molar-refractivity contribution in [3.63, 3.8) is 0 Å². The van der Waals surface area contributed by atoms with E-state index in [1.54, 1.807) is 6.08 Å². The van der Waals surface area contributed by atoms with Gasteiger partial charge in [-0.25, -0.2) is 4.39 Å². The zero-order valence-electron chi connectivity index (χ0n) is 13.0. The fourth-order valence-electron chi connectivity index (χ4n) is 3.77. The lowest BCUT2D eigenvalue weighted by Crippen LogP contribution is -2.21. The lowest BCUT2D eigenvalue weighted by atomic mass is 9.82. The van der Waals surface area contributed by atoms with Crippen LogP contribution in [0.3, 0.4) is 0 Å². The van der Waals surface area contributed by atoms with Crippen LogP contribution in [0, 0.1) is 19.7 Å². The number of hydrogen-bond donors (Lipinski definition) is 2. The van der Waals surface area contributed by atoms with Gasteiger partial charge in [0.25, 0.3) is 0 Å². The summed E-state index contributed by atoms with van der Waals surface area (Å²) in [5, 5.41) is 24.3. The standard InChI is InChI=1S/C20H17FO2/c1-10-15-7-8-17(22)20(23)19(15)11(2)14-5-3-12-9-13(21)4-6-16(12)18(10)14/h3-9,17,20,22-23H,1-2H3/t17-,20+/m0/s1. The minimum Gasteiger partial charge on any atom is -0.386 e. The average Bonchev–Trinajstić information content (AvgIpc) is 2.54. The maximum atomic E-state index is 13.5. The summed E-state index contributed by atoms with van der Waals surface area (Å²) >= 11 is 0. The summed E-state index contributed by atoms with van der Waals surface area (Å²) in [6.45, 7) is 3.98. The highest BCUT2D eigenvalue weighted by Crippen LogP contribution is 2.40. The Morgan fingerprint density at radius 2 is 1.70 bits per heavy atom. The smallest absolute Gasteiger partial charge is 0.123 e. The highest BCUT2D eigenvalue weighted by molar-refractivity contribution is 6.11. The first-order valence-electron chi connectivity index (χ1n) is 7.68. The molecule has 2 N–H and O–H groups in total. The first-order valence-corrected chi connectivity index (χ1v) is 7.68. The fourth-order valence-corrected chi connectivity index (χ4v) is 3.77. The van der Waals surface area contributed by atoms with E-state index < -0.39 is 12.2 Å². The van der Waals surface area contributed by atoms with Crippen molar-refractivity contribution in [2.24, 2.45) is 0 Å². The van der Waals surface area contributed by atoms with Crippen LogP contribution in [-0.2, 0) is 0 Å². The monoisotopic (exact) mass is 308 g/mol. The highest BCUT2D eigenvalue weighted by atomic mass is 19.1. The van der Waals surface area contributed by atoms with E-state index in [0.29, 0.717) is 0 Å². The Labute approximate surface area is 133 Å². The van der Waals surface area contributed by atoms with Gasteiger partial charge >= 0.3 is 0 Å². The molecule has 2 nitrogen and oxygen atoms in total. The van der Waals surface area contributed by atoms with Crippen LogP contribution in [0.5, 0.6) is 0 Å². The predicted molar refractivity (Wildman–Crippen MR) is 90.9 cm³/mol. The quantitative estimate of drug-likeness (QED) is 0.612. The van der Waals surface area contributed by atoms with Crippen molar-refractivity contribution in [3.8, 4) is 0 Å². The number of halogens is 1. The summed E-state index contributed by atoms with van der Waals surface area (Å²) in [4.78, 5) is 0. The summed E-state index contributed by atoms with van der Waals surface area (Å²) in [6, 6.07) is 8.70. The van der Waals surface area contributed by atoms with Crippen LogP contribution >= 0.6 is 0 Å². The van der Waals surface area contributed by atoms with E-state index in [9.17, 15) is 14.6 Å². The van der Waals surface area contributed by atoms with Gasteiger partial charge in [0.15, 0.2) is 0 Å². The van der Waals surface area contributed by atoms with E-state index >= 15 is 0 Å². The molecule has 1 aliphatic rings. The topological polar surface area (TPSA) is 40.5 Å². The molecule has 1 aliphatic carbocycles. The van der Waals surface area contributed by atoms with Crippen molar-refractivity contribution in [1.82, 2.24) is 0 Å². The van der Waals surface area contributed by atoms with Gasteiger partial charge in [0, 0.05) is 0 Å². The van der Waals surface area contributed by atoms with Crippen LogP contribution in [0.1, 0.15) is 28.4 Å². The van der Waals surface area contributed by atoms with Crippen LogP contribution in [0.2, 0.25) is 0 Å². The lowest BCUT2D eigenvalue weighted by molar-refractivity contribution is 0.0466. The molecule has 3 heteroatoms. The number of hydrogen-bond acceptors (Lipinski definition) is 2. The van der Waals surface area contributed by atoms with Gasteiger partial charge in [0.05, 0.1) is 0 Å². The van der Waals surface area contributed by atoms with Gasteiger partial charge in [-0.3, -0.25) is 0 Å². The van der Waals surface area contributed by atoms with Gasteiger partial charge in [-0.2, -0.15) is 0 Å². The number of rotatable bonds is 0. The van der Waals surface area contributed by atoms with Crippen LogP contribution in [-0.4, -0.2) is 16.3 Å². The fraction of sp³-hybridized carbons (Fsp3) is 0.200. The first-order chi connectivity index (χ1) is 11.0. The van der Waals surface area contributed by atoms with Crippen LogP contribution in [0.25, 0.3) is 27.6 Å². The molecule has 0 radical (unpaired) electrons. The number of aliphatic hydroxyl groups is 2. The van der Waals surface area contributed by atoms with Crippen molar-refractivity contribution in [2.75, 3.05) is 0 Å². The van der Waals surface area contributed by atoms with Gasteiger partial charge in [-0.15, -0.1) is 0 Å². The minimum absolute atomic E-state index is 0.248. The molecule has 0 bridgehead atoms. The number of fused-ring (bicyclic) bond motifs is 4. The Morgan fingerprint density at radius 1 is 0.957 bits per heavy atom. The zero-order chi connectivity index (χ0) is 16.3. The SMILES string of the molecule is Cc1c2c(c(C)c3c1ccc1cc(F)ccc13)C=C[C@H](O)[C@H]2O. The molecule has 2 atom stereocenters. The molecule has 0 fully saturated rings. The van der Waals surface area contributed by atoms with Gasteiger partial charge in [0.1, 0.15) is 18.0 Å². The molecule has 23 heavy (non-hydrogen) atoms. The van der Waals surface area contributed by atoms with E-state index in [4.69, 9.17) is 0 Å². The molecule has 3 aromatic carbocycles. The summed E-state index contributed by atoms with van der Waals surface area (Å²) < 4.78 is 13.5. The van der Waals surface area contributed by atoms with Crippen molar-refractivity contribution < 1.29 is 14.6 Å². The maximum Gasteiger partial charge on any atom is 0.123 e. The number of aryl methyl sites for hydroxylation is 2. The summed E-state index contributed by atoms with van der Waals surface area (Å²) in [7, 11) is 0. The third-order valence-electron chi connectivity index (χ3n) is 4.94. The van der Waals surface area contributed by atoms with Crippen LogP contribution in [0.15, 0.2) is 36.4 Å². The molecule has 4 rings (SSSR count). The van der Waals surface area contributed by atoms with Gasteiger partial charge < -0.3 is 10.2 Å². The molecular weight excluding hydrogens is 291 g/mol. The molecule has 116 valence electrons.